The number of thioether (sulfide) groups is 1. The zero-order valence-electron chi connectivity index (χ0n) is 15.1. The molecular formula is C20H19N3O3S. The normalized spacial score (nSPS) is 15.7. The Labute approximate surface area is 161 Å². The van der Waals surface area contributed by atoms with Crippen molar-refractivity contribution in [3.63, 3.8) is 0 Å². The summed E-state index contributed by atoms with van der Waals surface area (Å²) in [5.74, 6) is 1.71. The monoisotopic (exact) mass is 381 g/mol. The summed E-state index contributed by atoms with van der Waals surface area (Å²) in [6.07, 6.45) is 4.20. The van der Waals surface area contributed by atoms with Gasteiger partial charge in [-0.3, -0.25) is 4.79 Å². The van der Waals surface area contributed by atoms with E-state index < -0.39 is 0 Å². The average Bonchev–Trinajstić information content (AvgIpc) is 3.22. The molecule has 0 spiro atoms. The highest BCUT2D eigenvalue weighted by Gasteiger charge is 2.26. The first-order valence-corrected chi connectivity index (χ1v) is 9.89. The third-order valence-electron chi connectivity index (χ3n) is 4.48. The van der Waals surface area contributed by atoms with Crippen molar-refractivity contribution < 1.29 is 13.9 Å². The molecule has 138 valence electrons. The number of carbonyl (C=O) groups excluding carboxylic acids is 1. The number of hydrogen-bond donors (Lipinski definition) is 1. The number of hydrogen-bond acceptors (Lipinski definition) is 6. The van der Waals surface area contributed by atoms with Crippen LogP contribution < -0.4 is 10.1 Å². The lowest BCUT2D eigenvalue weighted by molar-refractivity contribution is 0.0920. The van der Waals surface area contributed by atoms with Gasteiger partial charge in [0.2, 0.25) is 0 Å². The van der Waals surface area contributed by atoms with Gasteiger partial charge in [-0.25, -0.2) is 9.97 Å². The molecule has 0 bridgehead atoms. The van der Waals surface area contributed by atoms with Crippen LogP contribution in [0.3, 0.4) is 0 Å². The molecule has 1 N–H and O–H groups in total. The summed E-state index contributed by atoms with van der Waals surface area (Å²) in [6, 6.07) is 11.3. The lowest BCUT2D eigenvalue weighted by atomic mass is 10.00. The third-order valence-corrected chi connectivity index (χ3v) is 5.16. The van der Waals surface area contributed by atoms with Gasteiger partial charge >= 0.3 is 0 Å². The van der Waals surface area contributed by atoms with Gasteiger partial charge in [-0.05, 0) is 31.4 Å². The van der Waals surface area contributed by atoms with Gasteiger partial charge in [0.05, 0.1) is 30.2 Å². The molecule has 3 aromatic rings. The van der Waals surface area contributed by atoms with Crippen LogP contribution in [0.4, 0.5) is 0 Å². The fourth-order valence-electron chi connectivity index (χ4n) is 3.19. The Morgan fingerprint density at radius 1 is 1.22 bits per heavy atom. The summed E-state index contributed by atoms with van der Waals surface area (Å²) in [4.78, 5) is 22.1. The maximum atomic E-state index is 13.1. The van der Waals surface area contributed by atoms with Crippen molar-refractivity contribution in [2.24, 2.45) is 0 Å². The van der Waals surface area contributed by atoms with Crippen LogP contribution in [0, 0.1) is 6.92 Å². The Morgan fingerprint density at radius 2 is 2.07 bits per heavy atom. The summed E-state index contributed by atoms with van der Waals surface area (Å²) in [7, 11) is 0. The van der Waals surface area contributed by atoms with Gasteiger partial charge in [0, 0.05) is 12.0 Å². The van der Waals surface area contributed by atoms with Gasteiger partial charge in [0.15, 0.2) is 11.6 Å². The molecule has 7 heteroatoms. The van der Waals surface area contributed by atoms with Crippen molar-refractivity contribution in [2.75, 3.05) is 12.9 Å². The summed E-state index contributed by atoms with van der Waals surface area (Å²) < 4.78 is 11.1. The highest BCUT2D eigenvalue weighted by Crippen LogP contribution is 2.32. The third kappa shape index (κ3) is 3.42. The fourth-order valence-corrected chi connectivity index (χ4v) is 3.82. The minimum Gasteiger partial charge on any atom is -0.493 e. The zero-order valence-corrected chi connectivity index (χ0v) is 15.9. The number of nitrogens with one attached hydrogen (secondary N) is 1. The quantitative estimate of drug-likeness (QED) is 0.543. The van der Waals surface area contributed by atoms with E-state index in [1.54, 1.807) is 18.4 Å². The van der Waals surface area contributed by atoms with E-state index in [9.17, 15) is 4.79 Å². The highest BCUT2D eigenvalue weighted by atomic mass is 32.2. The van der Waals surface area contributed by atoms with Crippen molar-refractivity contribution in [1.29, 1.82) is 0 Å². The van der Waals surface area contributed by atoms with Gasteiger partial charge in [-0.2, -0.15) is 0 Å². The van der Waals surface area contributed by atoms with E-state index in [2.05, 4.69) is 15.3 Å². The standard InChI is InChI=1S/C20H19N3O3S/c1-12-17(20(27-2)23-18(21-12)16-8-5-10-25-16)19(24)22-14-9-11-26-15-7-4-3-6-13(14)15/h3-8,10,14H,9,11H2,1-2H3,(H,22,24)/t14-/m0/s1. The van der Waals surface area contributed by atoms with Crippen LogP contribution in [0.5, 0.6) is 5.75 Å². The van der Waals surface area contributed by atoms with E-state index in [-0.39, 0.29) is 11.9 Å². The molecule has 6 nitrogen and oxygen atoms in total. The Kier molecular flexibility index (Phi) is 4.85. The molecule has 3 heterocycles. The van der Waals surface area contributed by atoms with E-state index in [0.717, 1.165) is 17.7 Å². The molecular weight excluding hydrogens is 362 g/mol. The van der Waals surface area contributed by atoms with Gasteiger partial charge < -0.3 is 14.5 Å². The van der Waals surface area contributed by atoms with E-state index in [0.29, 0.717) is 34.5 Å². The maximum absolute atomic E-state index is 13.1. The number of aromatic nitrogens is 2. The van der Waals surface area contributed by atoms with Crippen LogP contribution in [0.25, 0.3) is 11.6 Å². The number of carbonyl (C=O) groups is 1. The minimum absolute atomic E-state index is 0.0960. The first kappa shape index (κ1) is 17.6. The van der Waals surface area contributed by atoms with Crippen molar-refractivity contribution >= 4 is 17.7 Å². The number of fused-ring (bicyclic) bond motifs is 1. The number of benzene rings is 1. The summed E-state index contributed by atoms with van der Waals surface area (Å²) in [6.45, 7) is 2.39. The predicted octanol–water partition coefficient (Wildman–Crippen LogP) is 4.02. The molecule has 2 aromatic heterocycles. The fraction of sp³-hybridized carbons (Fsp3) is 0.250. The largest absolute Gasteiger partial charge is 0.493 e. The van der Waals surface area contributed by atoms with E-state index in [1.807, 2.05) is 37.4 Å². The molecule has 27 heavy (non-hydrogen) atoms. The average molecular weight is 381 g/mol. The van der Waals surface area contributed by atoms with Gasteiger partial charge in [0.1, 0.15) is 10.8 Å². The predicted molar refractivity (Wildman–Crippen MR) is 103 cm³/mol. The van der Waals surface area contributed by atoms with E-state index in [4.69, 9.17) is 9.15 Å². The van der Waals surface area contributed by atoms with Crippen molar-refractivity contribution in [3.8, 4) is 17.3 Å². The number of para-hydroxylation sites is 1. The first-order valence-electron chi connectivity index (χ1n) is 8.66. The van der Waals surface area contributed by atoms with Crippen molar-refractivity contribution in [2.45, 2.75) is 24.4 Å². The van der Waals surface area contributed by atoms with Gasteiger partial charge in [-0.1, -0.05) is 18.2 Å². The Hall–Kier alpha value is -2.80. The minimum atomic E-state index is -0.176. The lowest BCUT2D eigenvalue weighted by Gasteiger charge is -2.27. The second-order valence-corrected chi connectivity index (χ2v) is 6.99. The second kappa shape index (κ2) is 7.44. The van der Waals surface area contributed by atoms with Crippen LogP contribution in [0.2, 0.25) is 0 Å². The SMILES string of the molecule is CSc1nc(-c2ccco2)nc(C)c1C(=O)N[C@H]1CCOc2ccccc21. The molecule has 0 radical (unpaired) electrons. The first-order chi connectivity index (χ1) is 13.2. The molecule has 0 unspecified atom stereocenters. The van der Waals surface area contributed by atoms with Crippen LogP contribution in [0.15, 0.2) is 52.1 Å². The van der Waals surface area contributed by atoms with Crippen LogP contribution in [0.1, 0.15) is 34.1 Å². The topological polar surface area (TPSA) is 77.2 Å². The Morgan fingerprint density at radius 3 is 2.85 bits per heavy atom. The molecule has 1 amide bonds. The number of ether oxygens (including phenoxy) is 1. The zero-order chi connectivity index (χ0) is 18.8. The molecule has 0 aliphatic carbocycles. The van der Waals surface area contributed by atoms with E-state index in [1.165, 1.54) is 11.8 Å². The second-order valence-electron chi connectivity index (χ2n) is 6.20. The van der Waals surface area contributed by atoms with Crippen LogP contribution >= 0.6 is 11.8 Å². The number of nitrogens with zero attached hydrogens (tertiary/aromatic N) is 2. The van der Waals surface area contributed by atoms with Crippen LogP contribution in [-0.4, -0.2) is 28.7 Å². The molecule has 0 saturated heterocycles. The number of amides is 1. The van der Waals surface area contributed by atoms with Crippen molar-refractivity contribution in [3.05, 3.63) is 59.5 Å². The van der Waals surface area contributed by atoms with Gasteiger partial charge in [0.25, 0.3) is 5.91 Å². The number of rotatable bonds is 4. The molecule has 0 fully saturated rings. The summed E-state index contributed by atoms with van der Waals surface area (Å²) in [5, 5.41) is 3.76. The lowest BCUT2D eigenvalue weighted by Crippen LogP contribution is -2.33. The smallest absolute Gasteiger partial charge is 0.256 e. The van der Waals surface area contributed by atoms with E-state index >= 15 is 0 Å². The van der Waals surface area contributed by atoms with Crippen LogP contribution in [-0.2, 0) is 0 Å². The maximum Gasteiger partial charge on any atom is 0.256 e. The molecule has 4 rings (SSSR count). The Bertz CT molecular complexity index is 973. The molecule has 1 atom stereocenters. The van der Waals surface area contributed by atoms with Crippen molar-refractivity contribution in [1.82, 2.24) is 15.3 Å². The molecule has 1 aromatic carbocycles. The highest BCUT2D eigenvalue weighted by molar-refractivity contribution is 7.98. The number of aryl methyl sites for hydroxylation is 1. The summed E-state index contributed by atoms with van der Waals surface area (Å²) in [5.41, 5.74) is 2.12. The molecule has 1 aliphatic rings. The Balaban J connectivity index is 1.65. The molecule has 0 saturated carbocycles. The number of furan rings is 1. The molecule has 1 aliphatic heterocycles. The summed E-state index contributed by atoms with van der Waals surface area (Å²) >= 11 is 1.42. The van der Waals surface area contributed by atoms with Gasteiger partial charge in [-0.15, -0.1) is 11.8 Å².